The van der Waals surface area contributed by atoms with Gasteiger partial charge in [-0.15, -0.1) is 0 Å². The van der Waals surface area contributed by atoms with E-state index >= 15 is 0 Å². The van der Waals surface area contributed by atoms with Crippen LogP contribution in [0.5, 0.6) is 5.75 Å². The molecule has 14 heavy (non-hydrogen) atoms. The molecule has 0 bridgehead atoms. The fraction of sp³-hybridized carbons (Fsp3) is 0.250. The fourth-order valence-electron chi connectivity index (χ4n) is 0.864. The van der Waals surface area contributed by atoms with Crippen molar-refractivity contribution in [1.82, 2.24) is 0 Å². The first-order valence-corrected chi connectivity index (χ1v) is 4.41. The fourth-order valence-corrected chi connectivity index (χ4v) is 1.48. The van der Waals surface area contributed by atoms with Crippen molar-refractivity contribution in [3.63, 3.8) is 0 Å². The van der Waals surface area contributed by atoms with Crippen LogP contribution in [0, 0.1) is 0 Å². The van der Waals surface area contributed by atoms with Gasteiger partial charge in [0.25, 0.3) is 6.43 Å². The summed E-state index contributed by atoms with van der Waals surface area (Å²) in [6, 6.07) is 2.77. The van der Waals surface area contributed by atoms with E-state index in [-0.39, 0.29) is 15.8 Å². The molecule has 2 N–H and O–H groups in total. The van der Waals surface area contributed by atoms with E-state index in [1.165, 1.54) is 12.1 Å². The third-order valence-electron chi connectivity index (χ3n) is 1.37. The third kappa shape index (κ3) is 2.89. The number of anilines is 1. The lowest BCUT2D eigenvalue weighted by atomic mass is 10.3. The molecule has 1 aromatic carbocycles. The molecule has 0 saturated heterocycles. The van der Waals surface area contributed by atoms with Gasteiger partial charge in [0.15, 0.2) is 5.75 Å². The van der Waals surface area contributed by atoms with Crippen molar-refractivity contribution in [2.24, 2.45) is 0 Å². The van der Waals surface area contributed by atoms with Crippen LogP contribution in [-0.2, 0) is 0 Å². The minimum Gasteiger partial charge on any atom is -0.484 e. The predicted octanol–water partition coefficient (Wildman–Crippen LogP) is 3.22. The van der Waals surface area contributed by atoms with Gasteiger partial charge in [0.05, 0.1) is 10.0 Å². The summed E-state index contributed by atoms with van der Waals surface area (Å²) in [7, 11) is 0. The Bertz CT molecular complexity index is 310. The highest BCUT2D eigenvalue weighted by Gasteiger charge is 2.11. The molecule has 0 aliphatic heterocycles. The second-order valence-electron chi connectivity index (χ2n) is 2.52. The van der Waals surface area contributed by atoms with Gasteiger partial charge in [-0.2, -0.15) is 0 Å². The van der Waals surface area contributed by atoms with Crippen molar-refractivity contribution in [2.45, 2.75) is 6.43 Å². The van der Waals surface area contributed by atoms with Crippen LogP contribution < -0.4 is 10.5 Å². The lowest BCUT2D eigenvalue weighted by Gasteiger charge is -2.09. The molecule has 0 fully saturated rings. The van der Waals surface area contributed by atoms with Crippen LogP contribution in [-0.4, -0.2) is 13.0 Å². The highest BCUT2D eigenvalue weighted by atomic mass is 35.5. The van der Waals surface area contributed by atoms with Gasteiger partial charge in [0.2, 0.25) is 0 Å². The summed E-state index contributed by atoms with van der Waals surface area (Å²) in [5.41, 5.74) is 5.76. The molecule has 0 saturated carbocycles. The van der Waals surface area contributed by atoms with Crippen LogP contribution in [0.2, 0.25) is 10.0 Å². The van der Waals surface area contributed by atoms with E-state index < -0.39 is 13.0 Å². The number of nitrogen functional groups attached to an aromatic ring is 1. The number of ether oxygens (including phenoxy) is 1. The van der Waals surface area contributed by atoms with E-state index in [2.05, 4.69) is 0 Å². The Labute approximate surface area is 89.6 Å². The van der Waals surface area contributed by atoms with Crippen LogP contribution in [0.25, 0.3) is 0 Å². The Balaban J connectivity index is 2.86. The van der Waals surface area contributed by atoms with Gasteiger partial charge in [-0.3, -0.25) is 0 Å². The second-order valence-corrected chi connectivity index (χ2v) is 3.33. The van der Waals surface area contributed by atoms with Crippen LogP contribution >= 0.6 is 23.2 Å². The van der Waals surface area contributed by atoms with Crippen LogP contribution in [0.15, 0.2) is 12.1 Å². The number of alkyl halides is 2. The second kappa shape index (κ2) is 4.66. The molecular weight excluding hydrogens is 235 g/mol. The maximum Gasteiger partial charge on any atom is 0.272 e. The number of halogens is 4. The van der Waals surface area contributed by atoms with E-state index in [1.807, 2.05) is 0 Å². The first kappa shape index (κ1) is 11.3. The predicted molar refractivity (Wildman–Crippen MR) is 52.4 cm³/mol. The summed E-state index contributed by atoms with van der Waals surface area (Å²) in [6.07, 6.45) is -2.57. The number of hydrogen-bond donors (Lipinski definition) is 1. The highest BCUT2D eigenvalue weighted by molar-refractivity contribution is 6.37. The molecule has 1 rings (SSSR count). The highest BCUT2D eigenvalue weighted by Crippen LogP contribution is 2.35. The van der Waals surface area contributed by atoms with Gasteiger partial charge in [-0.1, -0.05) is 23.2 Å². The largest absolute Gasteiger partial charge is 0.484 e. The van der Waals surface area contributed by atoms with Gasteiger partial charge < -0.3 is 10.5 Å². The van der Waals surface area contributed by atoms with Gasteiger partial charge in [0, 0.05) is 5.69 Å². The molecule has 0 aliphatic carbocycles. The molecule has 0 spiro atoms. The lowest BCUT2D eigenvalue weighted by molar-refractivity contribution is 0.0820. The normalized spacial score (nSPS) is 10.6. The lowest BCUT2D eigenvalue weighted by Crippen LogP contribution is -2.07. The summed E-state index contributed by atoms with van der Waals surface area (Å²) in [5.74, 6) is 0.0304. The Kier molecular flexibility index (Phi) is 3.77. The maximum absolute atomic E-state index is 11.8. The molecule has 0 atom stereocenters. The quantitative estimate of drug-likeness (QED) is 0.826. The summed E-state index contributed by atoms with van der Waals surface area (Å²) in [5, 5.41) is 0.242. The summed E-state index contributed by atoms with van der Waals surface area (Å²) < 4.78 is 28.4. The van der Waals surface area contributed by atoms with E-state index in [1.54, 1.807) is 0 Å². The maximum atomic E-state index is 11.8. The molecule has 0 radical (unpaired) electrons. The van der Waals surface area contributed by atoms with Gasteiger partial charge >= 0.3 is 0 Å². The van der Waals surface area contributed by atoms with E-state index in [0.29, 0.717) is 5.69 Å². The summed E-state index contributed by atoms with van der Waals surface area (Å²) in [6.45, 7) is -0.747. The minimum absolute atomic E-state index is 0.0304. The van der Waals surface area contributed by atoms with Crippen molar-refractivity contribution < 1.29 is 13.5 Å². The summed E-state index contributed by atoms with van der Waals surface area (Å²) >= 11 is 11.4. The van der Waals surface area contributed by atoms with Gasteiger partial charge in [-0.25, -0.2) is 8.78 Å². The van der Waals surface area contributed by atoms with Crippen LogP contribution in [0.3, 0.4) is 0 Å². The first-order valence-electron chi connectivity index (χ1n) is 3.66. The van der Waals surface area contributed by atoms with Crippen molar-refractivity contribution in [3.05, 3.63) is 22.2 Å². The Morgan fingerprint density at radius 3 is 2.21 bits per heavy atom. The minimum atomic E-state index is -2.57. The molecule has 0 aromatic heterocycles. The van der Waals surface area contributed by atoms with Gasteiger partial charge in [0.1, 0.15) is 6.61 Å². The molecule has 0 heterocycles. The summed E-state index contributed by atoms with van der Waals surface area (Å²) in [4.78, 5) is 0. The Morgan fingerprint density at radius 2 is 1.79 bits per heavy atom. The number of nitrogens with two attached hydrogens (primary N) is 1. The molecule has 6 heteroatoms. The van der Waals surface area contributed by atoms with Crippen molar-refractivity contribution in [1.29, 1.82) is 0 Å². The average Bonchev–Trinajstić information content (AvgIpc) is 2.01. The Morgan fingerprint density at radius 1 is 1.29 bits per heavy atom. The third-order valence-corrected chi connectivity index (χ3v) is 1.94. The molecule has 0 amide bonds. The molecule has 0 aliphatic rings. The zero-order valence-corrected chi connectivity index (χ0v) is 8.45. The number of benzene rings is 1. The first-order chi connectivity index (χ1) is 6.50. The standard InChI is InChI=1S/C8H7Cl2F2NO/c9-5-1-4(13)2-6(10)8(5)14-3-7(11)12/h1-2,7H,3,13H2. The van der Waals surface area contributed by atoms with Crippen molar-refractivity contribution in [3.8, 4) is 5.75 Å². The van der Waals surface area contributed by atoms with Crippen molar-refractivity contribution >= 4 is 28.9 Å². The van der Waals surface area contributed by atoms with E-state index in [9.17, 15) is 8.78 Å². The number of rotatable bonds is 3. The topological polar surface area (TPSA) is 35.2 Å². The van der Waals surface area contributed by atoms with E-state index in [4.69, 9.17) is 33.7 Å². The molecule has 1 aromatic rings. The van der Waals surface area contributed by atoms with Crippen LogP contribution in [0.4, 0.5) is 14.5 Å². The van der Waals surface area contributed by atoms with Crippen molar-refractivity contribution in [2.75, 3.05) is 12.3 Å². The average molecular weight is 242 g/mol. The zero-order valence-electron chi connectivity index (χ0n) is 6.94. The SMILES string of the molecule is Nc1cc(Cl)c(OCC(F)F)c(Cl)c1. The molecule has 2 nitrogen and oxygen atoms in total. The molecular formula is C8H7Cl2F2NO. The smallest absolute Gasteiger partial charge is 0.272 e. The zero-order chi connectivity index (χ0) is 10.7. The Hall–Kier alpha value is -0.740. The van der Waals surface area contributed by atoms with E-state index in [0.717, 1.165) is 0 Å². The molecule has 0 unspecified atom stereocenters. The van der Waals surface area contributed by atoms with Crippen LogP contribution in [0.1, 0.15) is 0 Å². The van der Waals surface area contributed by atoms with Gasteiger partial charge in [-0.05, 0) is 12.1 Å². The molecule has 78 valence electrons. The monoisotopic (exact) mass is 241 g/mol. The number of hydrogen-bond acceptors (Lipinski definition) is 2.